The van der Waals surface area contributed by atoms with E-state index in [2.05, 4.69) is 6.58 Å². The zero-order chi connectivity index (χ0) is 13.0. The van der Waals surface area contributed by atoms with E-state index in [1.807, 2.05) is 13.8 Å². The van der Waals surface area contributed by atoms with Crippen molar-refractivity contribution in [1.29, 1.82) is 0 Å². The fourth-order valence-corrected chi connectivity index (χ4v) is 1.51. The average Bonchev–Trinajstić information content (AvgIpc) is 2.24. The number of nitrogens with zero attached hydrogens (tertiary/aromatic N) is 1. The molecule has 0 bridgehead atoms. The van der Waals surface area contributed by atoms with Crippen LogP contribution in [0.1, 0.15) is 24.2 Å². The highest BCUT2D eigenvalue weighted by Gasteiger charge is 2.17. The monoisotopic (exact) mass is 237 g/mol. The second kappa shape index (κ2) is 5.48. The van der Waals surface area contributed by atoms with E-state index in [1.165, 1.54) is 11.0 Å². The number of rotatable bonds is 4. The molecule has 0 aliphatic heterocycles. The lowest BCUT2D eigenvalue weighted by Crippen LogP contribution is -2.32. The van der Waals surface area contributed by atoms with Crippen LogP contribution < -0.4 is 0 Å². The number of phenols is 1. The number of benzene rings is 1. The molecule has 0 atom stereocenters. The van der Waals surface area contributed by atoms with Crippen LogP contribution in [0.25, 0.3) is 0 Å². The molecule has 3 nitrogen and oxygen atoms in total. The Labute approximate surface area is 100 Å². The predicted octanol–water partition coefficient (Wildman–Crippen LogP) is 2.57. The number of carbonyl (C=O) groups excluding carboxylic acids is 1. The molecule has 1 rings (SSSR count). The van der Waals surface area contributed by atoms with Gasteiger partial charge in [0.25, 0.3) is 5.91 Å². The van der Waals surface area contributed by atoms with Gasteiger partial charge in [0, 0.05) is 19.2 Å². The van der Waals surface area contributed by atoms with Gasteiger partial charge in [0.15, 0.2) is 0 Å². The number of hydrogen-bond acceptors (Lipinski definition) is 2. The molecule has 17 heavy (non-hydrogen) atoms. The van der Waals surface area contributed by atoms with E-state index in [-0.39, 0.29) is 17.2 Å². The molecule has 1 aromatic rings. The van der Waals surface area contributed by atoms with Gasteiger partial charge in [0.05, 0.1) is 5.56 Å². The van der Waals surface area contributed by atoms with Crippen LogP contribution in [0.4, 0.5) is 4.39 Å². The summed E-state index contributed by atoms with van der Waals surface area (Å²) in [4.78, 5) is 13.6. The molecule has 4 heteroatoms. The largest absolute Gasteiger partial charge is 0.507 e. The first-order valence-corrected chi connectivity index (χ1v) is 5.38. The number of halogens is 1. The Hall–Kier alpha value is -1.84. The number of likely N-dealkylation sites (N-methyl/N-ethyl adjacent to an activating group) is 1. The lowest BCUT2D eigenvalue weighted by Gasteiger charge is -2.21. The van der Waals surface area contributed by atoms with Crippen molar-refractivity contribution in [2.45, 2.75) is 13.8 Å². The van der Waals surface area contributed by atoms with E-state index in [4.69, 9.17) is 0 Å². The Bertz CT molecular complexity index is 443. The second-order valence-electron chi connectivity index (χ2n) is 3.94. The molecule has 1 amide bonds. The van der Waals surface area contributed by atoms with Crippen LogP contribution in [0.2, 0.25) is 0 Å². The topological polar surface area (TPSA) is 40.5 Å². The summed E-state index contributed by atoms with van der Waals surface area (Å²) < 4.78 is 12.8. The molecule has 1 N–H and O–H groups in total. The average molecular weight is 237 g/mol. The van der Waals surface area contributed by atoms with Crippen LogP contribution in [0, 0.1) is 5.82 Å². The minimum absolute atomic E-state index is 0.106. The van der Waals surface area contributed by atoms with E-state index >= 15 is 0 Å². The van der Waals surface area contributed by atoms with Gasteiger partial charge in [-0.15, -0.1) is 0 Å². The van der Waals surface area contributed by atoms with Gasteiger partial charge in [0.2, 0.25) is 0 Å². The molecule has 92 valence electrons. The van der Waals surface area contributed by atoms with Crippen molar-refractivity contribution >= 4 is 5.91 Å². The first-order chi connectivity index (χ1) is 7.95. The normalized spacial score (nSPS) is 10.1. The van der Waals surface area contributed by atoms with E-state index in [0.29, 0.717) is 13.1 Å². The Morgan fingerprint density at radius 2 is 2.18 bits per heavy atom. The molecule has 0 aromatic heterocycles. The van der Waals surface area contributed by atoms with Gasteiger partial charge in [-0.25, -0.2) is 4.39 Å². The second-order valence-corrected chi connectivity index (χ2v) is 3.94. The highest BCUT2D eigenvalue weighted by molar-refractivity contribution is 5.96. The summed E-state index contributed by atoms with van der Waals surface area (Å²) in [5.74, 6) is -1.23. The Kier molecular flexibility index (Phi) is 4.26. The van der Waals surface area contributed by atoms with E-state index in [9.17, 15) is 14.3 Å². The molecule has 0 spiro atoms. The highest BCUT2D eigenvalue weighted by Crippen LogP contribution is 2.20. The van der Waals surface area contributed by atoms with Crippen LogP contribution in [0.15, 0.2) is 30.4 Å². The molecule has 0 radical (unpaired) electrons. The number of carbonyl (C=O) groups is 1. The van der Waals surface area contributed by atoms with Crippen LogP contribution in [0.3, 0.4) is 0 Å². The van der Waals surface area contributed by atoms with Crippen molar-refractivity contribution < 1.29 is 14.3 Å². The van der Waals surface area contributed by atoms with Crippen LogP contribution in [-0.2, 0) is 0 Å². The number of hydrogen-bond donors (Lipinski definition) is 1. The molecule has 0 saturated heterocycles. The lowest BCUT2D eigenvalue weighted by atomic mass is 10.1. The summed E-state index contributed by atoms with van der Waals surface area (Å²) in [6, 6.07) is 3.37. The SMILES string of the molecule is C=C(C)CN(CC)C(=O)c1ccc(F)cc1O. The first-order valence-electron chi connectivity index (χ1n) is 5.38. The van der Waals surface area contributed by atoms with Crippen LogP contribution >= 0.6 is 0 Å². The third-order valence-corrected chi connectivity index (χ3v) is 2.32. The van der Waals surface area contributed by atoms with Crippen molar-refractivity contribution in [2.24, 2.45) is 0 Å². The van der Waals surface area contributed by atoms with Crippen LogP contribution in [-0.4, -0.2) is 29.0 Å². The van der Waals surface area contributed by atoms with Gasteiger partial charge in [-0.3, -0.25) is 4.79 Å². The maximum atomic E-state index is 12.8. The zero-order valence-corrected chi connectivity index (χ0v) is 10.0. The predicted molar refractivity (Wildman–Crippen MR) is 64.5 cm³/mol. The van der Waals surface area contributed by atoms with E-state index < -0.39 is 5.82 Å². The third kappa shape index (κ3) is 3.31. The molecule has 0 aliphatic rings. The summed E-state index contributed by atoms with van der Waals surface area (Å²) >= 11 is 0. The number of aromatic hydroxyl groups is 1. The Balaban J connectivity index is 2.97. The molecular formula is C13H16FNO2. The zero-order valence-electron chi connectivity index (χ0n) is 10.0. The summed E-state index contributed by atoms with van der Waals surface area (Å²) in [6.45, 7) is 8.32. The van der Waals surface area contributed by atoms with Crippen molar-refractivity contribution in [3.63, 3.8) is 0 Å². The van der Waals surface area contributed by atoms with Gasteiger partial charge in [0.1, 0.15) is 11.6 Å². The van der Waals surface area contributed by atoms with Gasteiger partial charge in [-0.1, -0.05) is 12.2 Å². The molecule has 0 heterocycles. The smallest absolute Gasteiger partial charge is 0.257 e. The van der Waals surface area contributed by atoms with Gasteiger partial charge < -0.3 is 10.0 Å². The Morgan fingerprint density at radius 3 is 2.65 bits per heavy atom. The molecule has 0 fully saturated rings. The molecule has 1 aromatic carbocycles. The van der Waals surface area contributed by atoms with Crippen molar-refractivity contribution in [1.82, 2.24) is 4.90 Å². The molecule has 0 saturated carbocycles. The fourth-order valence-electron chi connectivity index (χ4n) is 1.51. The quantitative estimate of drug-likeness (QED) is 0.817. The molecule has 0 unspecified atom stereocenters. The standard InChI is InChI=1S/C13H16FNO2/c1-4-15(8-9(2)3)13(17)11-6-5-10(14)7-12(11)16/h5-7,16H,2,4,8H2,1,3H3. The van der Waals surface area contributed by atoms with E-state index in [0.717, 1.165) is 17.7 Å². The fraction of sp³-hybridized carbons (Fsp3) is 0.308. The maximum Gasteiger partial charge on any atom is 0.257 e. The van der Waals surface area contributed by atoms with Crippen molar-refractivity contribution in [3.8, 4) is 5.75 Å². The molecular weight excluding hydrogens is 221 g/mol. The number of amides is 1. The summed E-state index contributed by atoms with van der Waals surface area (Å²) in [5, 5.41) is 9.53. The summed E-state index contributed by atoms with van der Waals surface area (Å²) in [7, 11) is 0. The van der Waals surface area contributed by atoms with Gasteiger partial charge >= 0.3 is 0 Å². The van der Waals surface area contributed by atoms with Gasteiger partial charge in [-0.05, 0) is 26.0 Å². The van der Waals surface area contributed by atoms with E-state index in [1.54, 1.807) is 0 Å². The minimum Gasteiger partial charge on any atom is -0.507 e. The lowest BCUT2D eigenvalue weighted by molar-refractivity contribution is 0.0775. The third-order valence-electron chi connectivity index (χ3n) is 2.32. The minimum atomic E-state index is -0.568. The maximum absolute atomic E-state index is 12.8. The van der Waals surface area contributed by atoms with Crippen LogP contribution in [0.5, 0.6) is 5.75 Å². The summed E-state index contributed by atoms with van der Waals surface area (Å²) in [6.07, 6.45) is 0. The van der Waals surface area contributed by atoms with Crippen molar-refractivity contribution in [2.75, 3.05) is 13.1 Å². The summed E-state index contributed by atoms with van der Waals surface area (Å²) in [5.41, 5.74) is 0.955. The number of phenolic OH excluding ortho intramolecular Hbond substituents is 1. The Morgan fingerprint density at radius 1 is 1.53 bits per heavy atom. The molecule has 0 aliphatic carbocycles. The highest BCUT2D eigenvalue weighted by atomic mass is 19.1. The van der Waals surface area contributed by atoms with Crippen molar-refractivity contribution in [3.05, 3.63) is 41.7 Å². The first kappa shape index (κ1) is 13.2. The van der Waals surface area contributed by atoms with Gasteiger partial charge in [-0.2, -0.15) is 0 Å².